The highest BCUT2D eigenvalue weighted by Crippen LogP contribution is 2.35. The maximum atomic E-state index is 13.0. The number of carbonyl (C=O) groups is 1. The van der Waals surface area contributed by atoms with Gasteiger partial charge in [0.1, 0.15) is 35.0 Å². The minimum absolute atomic E-state index is 0.155. The fourth-order valence-corrected chi connectivity index (χ4v) is 3.80. The number of nitrogen functional groups attached to an aromatic ring is 1. The molecule has 0 spiro atoms. The van der Waals surface area contributed by atoms with Crippen LogP contribution in [0.3, 0.4) is 0 Å². The second-order valence-corrected chi connectivity index (χ2v) is 8.23. The molecule has 0 radical (unpaired) electrons. The summed E-state index contributed by atoms with van der Waals surface area (Å²) in [6.45, 7) is 1.51. The highest BCUT2D eigenvalue weighted by molar-refractivity contribution is 9.10. The number of fused-ring (bicyclic) bond motifs is 1. The normalized spacial score (nSPS) is 11.1. The summed E-state index contributed by atoms with van der Waals surface area (Å²) in [7, 11) is 7.24. The predicted molar refractivity (Wildman–Crippen MR) is 128 cm³/mol. The average Bonchev–Trinajstić information content (AvgIpc) is 3.11. The molecule has 0 saturated carbocycles. The Bertz CT molecular complexity index is 1150. The summed E-state index contributed by atoms with van der Waals surface area (Å²) in [5.74, 6) is 0.720. The lowest BCUT2D eigenvalue weighted by Crippen LogP contribution is -2.30. The summed E-state index contributed by atoms with van der Waals surface area (Å²) >= 11 is 3.54. The van der Waals surface area contributed by atoms with Crippen LogP contribution in [0, 0.1) is 5.41 Å². The number of pyridine rings is 1. The van der Waals surface area contributed by atoms with Gasteiger partial charge in [-0.05, 0) is 49.1 Å². The number of halogens is 1. The van der Waals surface area contributed by atoms with E-state index in [1.165, 1.54) is 13.4 Å². The van der Waals surface area contributed by atoms with Crippen LogP contribution in [0.25, 0.3) is 11.0 Å². The largest absolute Gasteiger partial charge is 0.479 e. The Labute approximate surface area is 194 Å². The van der Waals surface area contributed by atoms with Crippen LogP contribution in [0.4, 0.5) is 17.3 Å². The second kappa shape index (κ2) is 9.92. The number of hydrogen-bond acceptors (Lipinski definition) is 9. The van der Waals surface area contributed by atoms with E-state index in [2.05, 4.69) is 46.1 Å². The van der Waals surface area contributed by atoms with E-state index in [9.17, 15) is 4.79 Å². The third-order valence-electron chi connectivity index (χ3n) is 4.84. The number of carbonyl (C=O) groups excluding carboxylic acids is 1. The molecule has 11 nitrogen and oxygen atoms in total. The summed E-state index contributed by atoms with van der Waals surface area (Å²) in [6.07, 6.45) is 3.36. The number of ether oxygens (including phenoxy) is 1. The summed E-state index contributed by atoms with van der Waals surface area (Å²) in [4.78, 5) is 32.6. The Morgan fingerprint density at radius 1 is 1.34 bits per heavy atom. The van der Waals surface area contributed by atoms with Crippen LogP contribution in [-0.4, -0.2) is 83.2 Å². The molecule has 0 bridgehead atoms. The Kier molecular flexibility index (Phi) is 7.26. The standard InChI is InChI=1S/C20H26BrN9O2/c1-29(2)6-5-7-30(3)20(31)15-14(21)13-17(24-10-25-18(13)27-15)26-12-8-11(9-22)16(23)28-19(12)32-4/h8-10,22H,5-7H2,1-4H3,(H2,23,28)(H2,24,25,26,27). The molecule has 0 aromatic carbocycles. The van der Waals surface area contributed by atoms with Gasteiger partial charge in [0.25, 0.3) is 5.91 Å². The van der Waals surface area contributed by atoms with Crippen molar-refractivity contribution >= 4 is 56.4 Å². The van der Waals surface area contributed by atoms with E-state index in [1.54, 1.807) is 18.0 Å². The van der Waals surface area contributed by atoms with E-state index >= 15 is 0 Å². The lowest BCUT2D eigenvalue weighted by Gasteiger charge is -2.18. The first-order valence-corrected chi connectivity index (χ1v) is 10.6. The molecule has 32 heavy (non-hydrogen) atoms. The van der Waals surface area contributed by atoms with Gasteiger partial charge < -0.3 is 36.0 Å². The smallest absolute Gasteiger partial charge is 0.271 e. The monoisotopic (exact) mass is 503 g/mol. The quantitative estimate of drug-likeness (QED) is 0.325. The van der Waals surface area contributed by atoms with E-state index in [1.807, 2.05) is 14.1 Å². The summed E-state index contributed by atoms with van der Waals surface area (Å²) in [6, 6.07) is 1.65. The second-order valence-electron chi connectivity index (χ2n) is 7.43. The molecule has 0 aliphatic heterocycles. The topological polar surface area (TPSA) is 149 Å². The number of aromatic nitrogens is 4. The molecule has 0 saturated heterocycles. The van der Waals surface area contributed by atoms with E-state index < -0.39 is 0 Å². The van der Waals surface area contributed by atoms with Crippen molar-refractivity contribution in [2.45, 2.75) is 6.42 Å². The maximum absolute atomic E-state index is 13.0. The Morgan fingerprint density at radius 3 is 2.75 bits per heavy atom. The molecule has 0 aliphatic carbocycles. The zero-order chi connectivity index (χ0) is 23.4. The number of nitrogens with two attached hydrogens (primary N) is 1. The van der Waals surface area contributed by atoms with E-state index in [-0.39, 0.29) is 17.6 Å². The van der Waals surface area contributed by atoms with E-state index in [0.29, 0.717) is 44.8 Å². The van der Waals surface area contributed by atoms with Crippen molar-refractivity contribution in [1.82, 2.24) is 29.7 Å². The molecule has 0 unspecified atom stereocenters. The molecule has 3 rings (SSSR count). The van der Waals surface area contributed by atoms with Crippen LogP contribution < -0.4 is 15.8 Å². The Balaban J connectivity index is 1.95. The molecule has 3 aromatic heterocycles. The molecule has 170 valence electrons. The summed E-state index contributed by atoms with van der Waals surface area (Å²) in [5.41, 5.74) is 7.64. The number of hydrogen-bond donors (Lipinski definition) is 4. The molecule has 0 atom stereocenters. The van der Waals surface area contributed by atoms with Crippen LogP contribution in [0.5, 0.6) is 5.88 Å². The summed E-state index contributed by atoms with van der Waals surface area (Å²) < 4.78 is 5.86. The minimum Gasteiger partial charge on any atom is -0.479 e. The number of aromatic amines is 1. The van der Waals surface area contributed by atoms with Crippen LogP contribution in [0.15, 0.2) is 16.9 Å². The molecule has 5 N–H and O–H groups in total. The fourth-order valence-electron chi connectivity index (χ4n) is 3.16. The molecule has 1 amide bonds. The predicted octanol–water partition coefficient (Wildman–Crippen LogP) is 2.47. The minimum atomic E-state index is -0.155. The lowest BCUT2D eigenvalue weighted by atomic mass is 10.2. The molecular weight excluding hydrogens is 478 g/mol. The van der Waals surface area contributed by atoms with Gasteiger partial charge in [0.15, 0.2) is 0 Å². The Hall–Kier alpha value is -3.25. The van der Waals surface area contributed by atoms with Gasteiger partial charge in [-0.3, -0.25) is 4.79 Å². The summed E-state index contributed by atoms with van der Waals surface area (Å²) in [5, 5.41) is 11.3. The highest BCUT2D eigenvalue weighted by Gasteiger charge is 2.23. The van der Waals surface area contributed by atoms with E-state index in [4.69, 9.17) is 15.9 Å². The van der Waals surface area contributed by atoms with Crippen molar-refractivity contribution in [2.75, 3.05) is 52.4 Å². The zero-order valence-electron chi connectivity index (χ0n) is 18.4. The molecule has 3 aromatic rings. The number of anilines is 3. The van der Waals surface area contributed by atoms with Gasteiger partial charge >= 0.3 is 0 Å². The molecule has 3 heterocycles. The van der Waals surface area contributed by atoms with Crippen LogP contribution in [0.1, 0.15) is 22.5 Å². The number of rotatable bonds is 9. The third-order valence-corrected chi connectivity index (χ3v) is 5.63. The molecule has 0 aliphatic rings. The molecule has 12 heteroatoms. The molecular formula is C20H26BrN9O2. The first-order valence-electron chi connectivity index (χ1n) is 9.81. The first-order chi connectivity index (χ1) is 15.3. The van der Waals surface area contributed by atoms with Crippen molar-refractivity contribution in [2.24, 2.45) is 0 Å². The lowest BCUT2D eigenvalue weighted by molar-refractivity contribution is 0.0785. The third kappa shape index (κ3) is 4.81. The van der Waals surface area contributed by atoms with Gasteiger partial charge in [-0.1, -0.05) is 0 Å². The van der Waals surface area contributed by atoms with Gasteiger partial charge in [-0.25, -0.2) is 9.97 Å². The van der Waals surface area contributed by atoms with Crippen molar-refractivity contribution < 1.29 is 9.53 Å². The van der Waals surface area contributed by atoms with Gasteiger partial charge in [-0.15, -0.1) is 0 Å². The molecule has 0 fully saturated rings. The van der Waals surface area contributed by atoms with Gasteiger partial charge in [-0.2, -0.15) is 4.98 Å². The zero-order valence-corrected chi connectivity index (χ0v) is 19.9. The number of methoxy groups -OCH3 is 1. The SMILES string of the molecule is COc1nc(N)c(C=N)cc1Nc1ncnc2[nH]c(C(=O)N(C)CCCN(C)C)c(Br)c12. The van der Waals surface area contributed by atoms with Crippen molar-refractivity contribution in [3.8, 4) is 5.88 Å². The van der Waals surface area contributed by atoms with Crippen LogP contribution in [0.2, 0.25) is 0 Å². The van der Waals surface area contributed by atoms with Gasteiger partial charge in [0.05, 0.1) is 17.0 Å². The number of nitrogens with one attached hydrogen (secondary N) is 3. The first kappa shape index (κ1) is 23.4. The van der Waals surface area contributed by atoms with Crippen molar-refractivity contribution in [1.29, 1.82) is 5.41 Å². The average molecular weight is 504 g/mol. The van der Waals surface area contributed by atoms with E-state index in [0.717, 1.165) is 19.2 Å². The fraction of sp³-hybridized carbons (Fsp3) is 0.350. The number of H-pyrrole nitrogens is 1. The van der Waals surface area contributed by atoms with Crippen molar-refractivity contribution in [3.05, 3.63) is 28.1 Å². The maximum Gasteiger partial charge on any atom is 0.271 e. The number of amides is 1. The van der Waals surface area contributed by atoms with Gasteiger partial charge in [0.2, 0.25) is 5.88 Å². The number of nitrogens with zero attached hydrogens (tertiary/aromatic N) is 5. The Morgan fingerprint density at radius 2 is 2.09 bits per heavy atom. The van der Waals surface area contributed by atoms with Gasteiger partial charge in [0, 0.05) is 25.4 Å². The van der Waals surface area contributed by atoms with Crippen LogP contribution in [-0.2, 0) is 0 Å². The van der Waals surface area contributed by atoms with Crippen molar-refractivity contribution in [3.63, 3.8) is 0 Å². The highest BCUT2D eigenvalue weighted by atomic mass is 79.9. The van der Waals surface area contributed by atoms with Crippen LogP contribution >= 0.6 is 15.9 Å².